The van der Waals surface area contributed by atoms with Crippen molar-refractivity contribution in [2.45, 2.75) is 19.3 Å². The van der Waals surface area contributed by atoms with E-state index in [0.717, 1.165) is 13.1 Å². The Morgan fingerprint density at radius 2 is 2.31 bits per heavy atom. The molecule has 3 nitrogen and oxygen atoms in total. The fourth-order valence-corrected chi connectivity index (χ4v) is 1.60. The van der Waals surface area contributed by atoms with Crippen molar-refractivity contribution in [3.63, 3.8) is 0 Å². The summed E-state index contributed by atoms with van der Waals surface area (Å²) in [6, 6.07) is 4.06. The second-order valence-electron chi connectivity index (χ2n) is 3.33. The molecular weight excluding hydrogens is 162 g/mol. The highest BCUT2D eigenvalue weighted by Gasteiger charge is 2.08. The van der Waals surface area contributed by atoms with Crippen LogP contribution in [0, 0.1) is 0 Å². The van der Waals surface area contributed by atoms with E-state index < -0.39 is 0 Å². The Morgan fingerprint density at radius 1 is 1.31 bits per heavy atom. The molecule has 0 unspecified atom stereocenters. The van der Waals surface area contributed by atoms with Gasteiger partial charge in [0.05, 0.1) is 11.9 Å². The molecule has 1 aromatic rings. The Hall–Kier alpha value is -1.09. The molecule has 1 fully saturated rings. The van der Waals surface area contributed by atoms with Crippen LogP contribution in [0.15, 0.2) is 24.5 Å². The molecule has 0 amide bonds. The monoisotopic (exact) mass is 177 g/mol. The van der Waals surface area contributed by atoms with Gasteiger partial charge in [-0.05, 0) is 25.0 Å². The van der Waals surface area contributed by atoms with Crippen LogP contribution in [0.2, 0.25) is 0 Å². The zero-order valence-corrected chi connectivity index (χ0v) is 7.74. The molecule has 1 aliphatic heterocycles. The molecule has 1 aromatic heterocycles. The molecule has 0 atom stereocenters. The summed E-state index contributed by atoms with van der Waals surface area (Å²) in [5, 5.41) is 2.19. The number of nitrogens with one attached hydrogen (secondary N) is 1. The van der Waals surface area contributed by atoms with Gasteiger partial charge in [-0.1, -0.05) is 6.42 Å². The second kappa shape index (κ2) is 4.23. The lowest BCUT2D eigenvalue weighted by atomic mass is 10.2. The molecular formula is C10H15N3. The average Bonchev–Trinajstić information content (AvgIpc) is 2.47. The van der Waals surface area contributed by atoms with Crippen molar-refractivity contribution in [3.05, 3.63) is 24.5 Å². The first-order valence-electron chi connectivity index (χ1n) is 4.88. The van der Waals surface area contributed by atoms with Crippen molar-refractivity contribution >= 4 is 5.69 Å². The summed E-state index contributed by atoms with van der Waals surface area (Å²) >= 11 is 0. The molecule has 70 valence electrons. The maximum Gasteiger partial charge on any atom is 0.0702 e. The van der Waals surface area contributed by atoms with E-state index in [0.29, 0.717) is 0 Å². The Kier molecular flexibility index (Phi) is 2.77. The molecule has 0 spiro atoms. The SMILES string of the molecule is c1cncc(N2CCCCCN2)c1. The van der Waals surface area contributed by atoms with Crippen molar-refractivity contribution in [3.8, 4) is 0 Å². The minimum atomic E-state index is 1.08. The molecule has 2 heterocycles. The van der Waals surface area contributed by atoms with Crippen molar-refractivity contribution in [1.82, 2.24) is 10.4 Å². The van der Waals surface area contributed by atoms with E-state index in [1.807, 2.05) is 12.3 Å². The van der Waals surface area contributed by atoms with Crippen LogP contribution in [0.3, 0.4) is 0 Å². The first kappa shape index (κ1) is 8.51. The number of rotatable bonds is 1. The van der Waals surface area contributed by atoms with Crippen molar-refractivity contribution in [2.24, 2.45) is 0 Å². The zero-order valence-electron chi connectivity index (χ0n) is 7.74. The lowest BCUT2D eigenvalue weighted by molar-refractivity contribution is 0.660. The van der Waals surface area contributed by atoms with Gasteiger partial charge in [0.25, 0.3) is 0 Å². The minimum absolute atomic E-state index is 1.08. The predicted molar refractivity (Wildman–Crippen MR) is 53.4 cm³/mol. The molecule has 1 saturated heterocycles. The van der Waals surface area contributed by atoms with Gasteiger partial charge in [-0.3, -0.25) is 4.98 Å². The minimum Gasteiger partial charge on any atom is -0.307 e. The van der Waals surface area contributed by atoms with Crippen LogP contribution < -0.4 is 10.4 Å². The van der Waals surface area contributed by atoms with E-state index in [9.17, 15) is 0 Å². The van der Waals surface area contributed by atoms with E-state index in [1.165, 1.54) is 24.9 Å². The zero-order chi connectivity index (χ0) is 8.93. The Bertz CT molecular complexity index is 240. The number of aromatic nitrogens is 1. The fourth-order valence-electron chi connectivity index (χ4n) is 1.60. The van der Waals surface area contributed by atoms with Crippen molar-refractivity contribution < 1.29 is 0 Å². The fraction of sp³-hybridized carbons (Fsp3) is 0.500. The number of hydrogen-bond acceptors (Lipinski definition) is 3. The normalized spacial score (nSPS) is 18.3. The summed E-state index contributed by atoms with van der Waals surface area (Å²) in [7, 11) is 0. The average molecular weight is 177 g/mol. The highest BCUT2D eigenvalue weighted by molar-refractivity contribution is 5.42. The van der Waals surface area contributed by atoms with E-state index in [1.54, 1.807) is 6.20 Å². The number of pyridine rings is 1. The standard InChI is InChI=1S/C10H15N3/c1-2-7-12-13(8-3-1)10-5-4-6-11-9-10/h4-6,9,12H,1-3,7-8H2. The molecule has 0 aromatic carbocycles. The molecule has 3 heteroatoms. The smallest absolute Gasteiger partial charge is 0.0702 e. The van der Waals surface area contributed by atoms with Crippen LogP contribution in [0.4, 0.5) is 5.69 Å². The third kappa shape index (κ3) is 2.18. The lowest BCUT2D eigenvalue weighted by Crippen LogP contribution is -2.37. The van der Waals surface area contributed by atoms with Crippen LogP contribution in [0.5, 0.6) is 0 Å². The largest absolute Gasteiger partial charge is 0.307 e. The number of hydrazine groups is 1. The molecule has 1 N–H and O–H groups in total. The van der Waals surface area contributed by atoms with Gasteiger partial charge >= 0.3 is 0 Å². The van der Waals surface area contributed by atoms with Crippen LogP contribution in [0.1, 0.15) is 19.3 Å². The van der Waals surface area contributed by atoms with E-state index in [2.05, 4.69) is 21.5 Å². The number of hydrogen-bond donors (Lipinski definition) is 1. The van der Waals surface area contributed by atoms with Gasteiger partial charge < -0.3 is 5.01 Å². The summed E-state index contributed by atoms with van der Waals surface area (Å²) in [5.74, 6) is 0. The predicted octanol–water partition coefficient (Wildman–Crippen LogP) is 1.58. The lowest BCUT2D eigenvalue weighted by Gasteiger charge is -2.22. The molecule has 1 aliphatic rings. The topological polar surface area (TPSA) is 28.2 Å². The third-order valence-corrected chi connectivity index (χ3v) is 2.32. The van der Waals surface area contributed by atoms with Gasteiger partial charge in [-0.25, -0.2) is 5.43 Å². The van der Waals surface area contributed by atoms with E-state index in [-0.39, 0.29) is 0 Å². The highest BCUT2D eigenvalue weighted by Crippen LogP contribution is 2.12. The van der Waals surface area contributed by atoms with Gasteiger partial charge in [0.15, 0.2) is 0 Å². The Morgan fingerprint density at radius 3 is 3.15 bits per heavy atom. The summed E-state index contributed by atoms with van der Waals surface area (Å²) < 4.78 is 0. The summed E-state index contributed by atoms with van der Waals surface area (Å²) in [6.07, 6.45) is 7.57. The van der Waals surface area contributed by atoms with Crippen molar-refractivity contribution in [1.29, 1.82) is 0 Å². The van der Waals surface area contributed by atoms with Gasteiger partial charge in [0.2, 0.25) is 0 Å². The van der Waals surface area contributed by atoms with Crippen LogP contribution >= 0.6 is 0 Å². The Balaban J connectivity index is 2.06. The van der Waals surface area contributed by atoms with E-state index in [4.69, 9.17) is 0 Å². The van der Waals surface area contributed by atoms with Crippen molar-refractivity contribution in [2.75, 3.05) is 18.1 Å². The van der Waals surface area contributed by atoms with Gasteiger partial charge in [-0.15, -0.1) is 0 Å². The van der Waals surface area contributed by atoms with Gasteiger partial charge in [-0.2, -0.15) is 0 Å². The summed E-state index contributed by atoms with van der Waals surface area (Å²) in [4.78, 5) is 4.11. The molecule has 13 heavy (non-hydrogen) atoms. The highest BCUT2D eigenvalue weighted by atomic mass is 15.5. The molecule has 0 saturated carbocycles. The summed E-state index contributed by atoms with van der Waals surface area (Å²) in [5.41, 5.74) is 4.56. The first-order chi connectivity index (χ1) is 6.47. The maximum atomic E-state index is 4.11. The summed E-state index contributed by atoms with van der Waals surface area (Å²) in [6.45, 7) is 2.17. The molecule has 0 radical (unpaired) electrons. The quantitative estimate of drug-likeness (QED) is 0.706. The first-order valence-corrected chi connectivity index (χ1v) is 4.88. The molecule has 0 aliphatic carbocycles. The van der Waals surface area contributed by atoms with Crippen LogP contribution in [-0.4, -0.2) is 18.1 Å². The third-order valence-electron chi connectivity index (χ3n) is 2.32. The van der Waals surface area contributed by atoms with Crippen LogP contribution in [-0.2, 0) is 0 Å². The second-order valence-corrected chi connectivity index (χ2v) is 3.33. The van der Waals surface area contributed by atoms with Crippen LogP contribution in [0.25, 0.3) is 0 Å². The number of nitrogens with zero attached hydrogens (tertiary/aromatic N) is 2. The van der Waals surface area contributed by atoms with E-state index >= 15 is 0 Å². The van der Waals surface area contributed by atoms with Gasteiger partial charge in [0, 0.05) is 19.3 Å². The van der Waals surface area contributed by atoms with Gasteiger partial charge in [0.1, 0.15) is 0 Å². The molecule has 2 rings (SSSR count). The number of anilines is 1. The maximum absolute atomic E-state index is 4.11. The molecule has 0 bridgehead atoms. The Labute approximate surface area is 78.7 Å².